The maximum absolute atomic E-state index is 13.6. The van der Waals surface area contributed by atoms with E-state index in [0.717, 1.165) is 22.3 Å². The number of benzene rings is 4. The van der Waals surface area contributed by atoms with Gasteiger partial charge in [0.05, 0.1) is 17.0 Å². The van der Waals surface area contributed by atoms with Gasteiger partial charge < -0.3 is 11.1 Å². The van der Waals surface area contributed by atoms with Crippen LogP contribution in [0.25, 0.3) is 0 Å². The molecule has 0 saturated carbocycles. The van der Waals surface area contributed by atoms with Crippen LogP contribution in [0.2, 0.25) is 0 Å². The molecule has 0 aromatic heterocycles. The Morgan fingerprint density at radius 3 is 1.58 bits per heavy atom. The molecule has 1 atom stereocenters. The van der Waals surface area contributed by atoms with Gasteiger partial charge in [0.15, 0.2) is 0 Å². The Balaban J connectivity index is 1.70. The number of nitrogens with one attached hydrogen (secondary N) is 1. The molecule has 0 spiro atoms. The van der Waals surface area contributed by atoms with E-state index in [2.05, 4.69) is 11.4 Å². The van der Waals surface area contributed by atoms with Gasteiger partial charge in [0, 0.05) is 12.8 Å². The van der Waals surface area contributed by atoms with E-state index in [1.807, 2.05) is 91.0 Å². The summed E-state index contributed by atoms with van der Waals surface area (Å²) < 4.78 is 0. The molecule has 0 radical (unpaired) electrons. The summed E-state index contributed by atoms with van der Waals surface area (Å²) in [6.07, 6.45) is 0.323. The number of primary amides is 1. The van der Waals surface area contributed by atoms with Crippen molar-refractivity contribution in [3.05, 3.63) is 143 Å². The van der Waals surface area contributed by atoms with Crippen LogP contribution in [0.15, 0.2) is 115 Å². The fourth-order valence-corrected chi connectivity index (χ4v) is 4.63. The van der Waals surface area contributed by atoms with Crippen molar-refractivity contribution in [1.29, 1.82) is 5.26 Å². The van der Waals surface area contributed by atoms with Gasteiger partial charge in [-0.05, 0) is 34.4 Å². The van der Waals surface area contributed by atoms with Crippen LogP contribution in [0.3, 0.4) is 0 Å². The third-order valence-electron chi connectivity index (χ3n) is 6.43. The lowest BCUT2D eigenvalue weighted by molar-refractivity contribution is -0.127. The van der Waals surface area contributed by atoms with E-state index in [1.54, 1.807) is 24.3 Å². The van der Waals surface area contributed by atoms with E-state index < -0.39 is 17.4 Å². The number of nitrogens with zero attached hydrogens (tertiary/aromatic N) is 1. The van der Waals surface area contributed by atoms with Gasteiger partial charge in [-0.15, -0.1) is 0 Å². The molecule has 178 valence electrons. The van der Waals surface area contributed by atoms with Crippen molar-refractivity contribution in [3.8, 4) is 6.07 Å². The smallest absolute Gasteiger partial charge is 0.240 e. The van der Waals surface area contributed by atoms with E-state index in [0.29, 0.717) is 5.56 Å². The number of rotatable bonds is 9. The van der Waals surface area contributed by atoms with Gasteiger partial charge in [-0.3, -0.25) is 9.59 Å². The number of nitrogens with two attached hydrogens (primary N) is 1. The lowest BCUT2D eigenvalue weighted by Crippen LogP contribution is -2.48. The van der Waals surface area contributed by atoms with Crippen molar-refractivity contribution in [2.75, 3.05) is 0 Å². The van der Waals surface area contributed by atoms with Crippen molar-refractivity contribution in [2.45, 2.75) is 24.3 Å². The minimum absolute atomic E-state index is 0.0855. The Kier molecular flexibility index (Phi) is 7.57. The van der Waals surface area contributed by atoms with Crippen molar-refractivity contribution < 1.29 is 9.59 Å². The quantitative estimate of drug-likeness (QED) is 0.351. The molecular formula is C31H27N3O2. The molecule has 0 heterocycles. The Bertz CT molecular complexity index is 1250. The summed E-state index contributed by atoms with van der Waals surface area (Å²) >= 11 is 0. The van der Waals surface area contributed by atoms with Gasteiger partial charge in [0.25, 0.3) is 0 Å². The molecular weight excluding hydrogens is 446 g/mol. The fourth-order valence-electron chi connectivity index (χ4n) is 4.63. The van der Waals surface area contributed by atoms with Crippen LogP contribution >= 0.6 is 0 Å². The predicted octanol–water partition coefficient (Wildman–Crippen LogP) is 4.50. The molecule has 4 aromatic carbocycles. The topological polar surface area (TPSA) is 96.0 Å². The number of carbonyl (C=O) groups is 2. The van der Waals surface area contributed by atoms with Gasteiger partial charge in [-0.2, -0.15) is 5.26 Å². The number of hydrogen-bond acceptors (Lipinski definition) is 3. The average Bonchev–Trinajstić information content (AvgIpc) is 2.93. The Morgan fingerprint density at radius 1 is 0.750 bits per heavy atom. The second-order valence-electron chi connectivity index (χ2n) is 8.72. The second-order valence-corrected chi connectivity index (χ2v) is 8.72. The summed E-state index contributed by atoms with van der Waals surface area (Å²) in [6.45, 7) is 0. The maximum atomic E-state index is 13.6. The summed E-state index contributed by atoms with van der Waals surface area (Å²) in [5.74, 6) is -0.901. The highest BCUT2D eigenvalue weighted by molar-refractivity contribution is 5.88. The van der Waals surface area contributed by atoms with Crippen LogP contribution in [0, 0.1) is 11.3 Å². The van der Waals surface area contributed by atoms with Crippen molar-refractivity contribution in [3.63, 3.8) is 0 Å². The van der Waals surface area contributed by atoms with Gasteiger partial charge in [0.1, 0.15) is 6.04 Å². The highest BCUT2D eigenvalue weighted by Crippen LogP contribution is 2.42. The summed E-state index contributed by atoms with van der Waals surface area (Å²) in [6, 6.07) is 37.9. The molecule has 0 aliphatic heterocycles. The fraction of sp³-hybridized carbons (Fsp3) is 0.129. The summed E-state index contributed by atoms with van der Waals surface area (Å²) in [5, 5.41) is 11.9. The molecule has 0 aliphatic rings. The standard InChI is InChI=1S/C31H27N3O2/c32-22-24-18-16-23(17-19-24)20-28(30(33)36)34-29(35)21-31(25-10-4-1-5-11-25,26-12-6-2-7-13-26)27-14-8-3-9-15-27/h1-19,28H,20-21H2,(H2,33,36)(H,34,35)/t28-/m0/s1. The minimum Gasteiger partial charge on any atom is -0.368 e. The number of hydrogen-bond donors (Lipinski definition) is 2. The van der Waals surface area contributed by atoms with Crippen molar-refractivity contribution in [2.24, 2.45) is 5.73 Å². The highest BCUT2D eigenvalue weighted by atomic mass is 16.2. The zero-order chi connectivity index (χ0) is 25.4. The molecule has 0 saturated heterocycles. The molecule has 36 heavy (non-hydrogen) atoms. The summed E-state index contributed by atoms with van der Waals surface area (Å²) in [7, 11) is 0. The first-order chi connectivity index (χ1) is 17.5. The molecule has 4 rings (SSSR count). The van der Waals surface area contributed by atoms with Crippen LogP contribution < -0.4 is 11.1 Å². The number of amides is 2. The largest absolute Gasteiger partial charge is 0.368 e. The molecule has 0 fully saturated rings. The molecule has 2 amide bonds. The highest BCUT2D eigenvalue weighted by Gasteiger charge is 2.39. The van der Waals surface area contributed by atoms with Crippen LogP contribution in [0.1, 0.15) is 34.2 Å². The molecule has 4 aromatic rings. The van der Waals surface area contributed by atoms with E-state index in [-0.39, 0.29) is 18.7 Å². The lowest BCUT2D eigenvalue weighted by Gasteiger charge is -2.36. The molecule has 5 nitrogen and oxygen atoms in total. The lowest BCUT2D eigenvalue weighted by atomic mass is 9.67. The van der Waals surface area contributed by atoms with Crippen LogP contribution in [0.4, 0.5) is 0 Å². The molecule has 0 aliphatic carbocycles. The third kappa shape index (κ3) is 5.34. The van der Waals surface area contributed by atoms with Crippen molar-refractivity contribution >= 4 is 11.8 Å². The van der Waals surface area contributed by atoms with Crippen LogP contribution in [0.5, 0.6) is 0 Å². The van der Waals surface area contributed by atoms with Crippen molar-refractivity contribution in [1.82, 2.24) is 5.32 Å². The van der Waals surface area contributed by atoms with Gasteiger partial charge in [-0.1, -0.05) is 103 Å². The first-order valence-corrected chi connectivity index (χ1v) is 11.8. The molecule has 0 bridgehead atoms. The van der Waals surface area contributed by atoms with Gasteiger partial charge >= 0.3 is 0 Å². The van der Waals surface area contributed by atoms with Gasteiger partial charge in [-0.25, -0.2) is 0 Å². The third-order valence-corrected chi connectivity index (χ3v) is 6.43. The first-order valence-electron chi connectivity index (χ1n) is 11.8. The Morgan fingerprint density at radius 2 is 1.19 bits per heavy atom. The zero-order valence-corrected chi connectivity index (χ0v) is 19.8. The van der Waals surface area contributed by atoms with E-state index >= 15 is 0 Å². The monoisotopic (exact) mass is 473 g/mol. The first kappa shape index (κ1) is 24.4. The molecule has 3 N–H and O–H groups in total. The normalized spacial score (nSPS) is 11.8. The summed E-state index contributed by atoms with van der Waals surface area (Å²) in [4.78, 5) is 25.9. The summed E-state index contributed by atoms with van der Waals surface area (Å²) in [5.41, 5.74) is 9.15. The Labute approximate surface area is 211 Å². The van der Waals surface area contributed by atoms with E-state index in [9.17, 15) is 9.59 Å². The Hall–Kier alpha value is -4.69. The maximum Gasteiger partial charge on any atom is 0.240 e. The number of carbonyl (C=O) groups excluding carboxylic acids is 2. The van der Waals surface area contributed by atoms with E-state index in [1.165, 1.54) is 0 Å². The number of nitriles is 1. The molecule has 0 unspecified atom stereocenters. The zero-order valence-electron chi connectivity index (χ0n) is 19.8. The predicted molar refractivity (Wildman–Crippen MR) is 140 cm³/mol. The average molecular weight is 474 g/mol. The van der Waals surface area contributed by atoms with Crippen LogP contribution in [-0.2, 0) is 21.4 Å². The molecule has 5 heteroatoms. The van der Waals surface area contributed by atoms with Gasteiger partial charge in [0.2, 0.25) is 11.8 Å². The van der Waals surface area contributed by atoms with E-state index in [4.69, 9.17) is 11.0 Å². The SMILES string of the molecule is N#Cc1ccc(C[C@H](NC(=O)CC(c2ccccc2)(c2ccccc2)c2ccccc2)C(N)=O)cc1. The van der Waals surface area contributed by atoms with Crippen LogP contribution in [-0.4, -0.2) is 17.9 Å². The minimum atomic E-state index is -0.884. The second kappa shape index (κ2) is 11.2.